The van der Waals surface area contributed by atoms with Crippen molar-refractivity contribution in [3.63, 3.8) is 0 Å². The van der Waals surface area contributed by atoms with Crippen LogP contribution in [0.25, 0.3) is 11.1 Å². The zero-order valence-corrected chi connectivity index (χ0v) is 20.0. The molecule has 3 rings (SSSR count). The Hall–Kier alpha value is -1.05. The summed E-state index contributed by atoms with van der Waals surface area (Å²) in [6, 6.07) is 10.3. The van der Waals surface area contributed by atoms with E-state index in [0.717, 1.165) is 37.7 Å². The van der Waals surface area contributed by atoms with Crippen LogP contribution in [0.3, 0.4) is 0 Å². The van der Waals surface area contributed by atoms with E-state index >= 15 is 0 Å². The van der Waals surface area contributed by atoms with E-state index in [1.54, 1.807) is 13.0 Å². The van der Waals surface area contributed by atoms with E-state index < -0.39 is 11.6 Å². The van der Waals surface area contributed by atoms with Crippen molar-refractivity contribution in [2.45, 2.75) is 58.5 Å². The first-order valence-corrected chi connectivity index (χ1v) is 9.38. The van der Waals surface area contributed by atoms with Gasteiger partial charge in [-0.05, 0) is 32.6 Å². The fraction of sp³-hybridized carbons (Fsp3) is 0.455. The normalized spacial score (nSPS) is 15.5. The van der Waals surface area contributed by atoms with Crippen molar-refractivity contribution in [3.05, 3.63) is 47.5 Å². The Morgan fingerprint density at radius 2 is 1.89 bits per heavy atom. The standard InChI is InChI=1S/C22H24F2O2.U/c1-3-5-6-7-18-10-8-16-12-17(14-20(24)22(16)26-18)15-9-11-21(25-4-2)19(23)13-15;/h9,11-12,18H,3-8,10H2,1-2H3;/q-2;+2. The van der Waals surface area contributed by atoms with E-state index in [2.05, 4.69) is 19.1 Å². The summed E-state index contributed by atoms with van der Waals surface area (Å²) in [5, 5.41) is 0. The molecule has 1 unspecified atom stereocenters. The summed E-state index contributed by atoms with van der Waals surface area (Å²) < 4.78 is 39.7. The van der Waals surface area contributed by atoms with Crippen LogP contribution in [0.15, 0.2) is 18.2 Å². The van der Waals surface area contributed by atoms with Crippen molar-refractivity contribution in [2.75, 3.05) is 6.61 Å². The Balaban J connectivity index is 0.00000261. The molecule has 0 fully saturated rings. The summed E-state index contributed by atoms with van der Waals surface area (Å²) in [6.45, 7) is 4.32. The molecular weight excluding hydrogens is 572 g/mol. The molecule has 1 aliphatic heterocycles. The molecule has 27 heavy (non-hydrogen) atoms. The number of hydrogen-bond acceptors (Lipinski definition) is 2. The topological polar surface area (TPSA) is 18.5 Å². The first-order chi connectivity index (χ1) is 12.6. The maximum Gasteiger partial charge on any atom is 2.00 e. The fourth-order valence-corrected chi connectivity index (χ4v) is 3.30. The van der Waals surface area contributed by atoms with Gasteiger partial charge in [0.2, 0.25) is 0 Å². The van der Waals surface area contributed by atoms with E-state index in [-0.39, 0.29) is 43.0 Å². The van der Waals surface area contributed by atoms with Crippen LogP contribution in [-0.4, -0.2) is 12.7 Å². The Bertz CT molecular complexity index is 764. The molecule has 0 spiro atoms. The van der Waals surface area contributed by atoms with Crippen LogP contribution in [0.1, 0.15) is 51.5 Å². The van der Waals surface area contributed by atoms with E-state index in [9.17, 15) is 8.78 Å². The number of rotatable bonds is 7. The van der Waals surface area contributed by atoms with Crippen molar-refractivity contribution in [2.24, 2.45) is 0 Å². The van der Waals surface area contributed by atoms with Crippen molar-refractivity contribution in [3.8, 4) is 22.6 Å². The maximum atomic E-state index is 14.6. The SMILES string of the molecule is CCCCCC1CCc2cc(-c3[c-]c(F)c(OCC)cc3)[c-]c(F)c2O1.[U+2]. The Morgan fingerprint density at radius 1 is 1.11 bits per heavy atom. The molecule has 0 amide bonds. The molecule has 2 aromatic rings. The molecule has 142 valence electrons. The van der Waals surface area contributed by atoms with Crippen LogP contribution in [0.4, 0.5) is 8.78 Å². The van der Waals surface area contributed by atoms with Gasteiger partial charge in [-0.3, -0.25) is 0 Å². The van der Waals surface area contributed by atoms with E-state index in [4.69, 9.17) is 9.47 Å². The quantitative estimate of drug-likeness (QED) is 0.293. The van der Waals surface area contributed by atoms with E-state index in [1.165, 1.54) is 12.5 Å². The van der Waals surface area contributed by atoms with Crippen LogP contribution < -0.4 is 9.47 Å². The Morgan fingerprint density at radius 3 is 2.59 bits per heavy atom. The van der Waals surface area contributed by atoms with Crippen molar-refractivity contribution in [1.29, 1.82) is 0 Å². The molecule has 0 bridgehead atoms. The number of fused-ring (bicyclic) bond motifs is 1. The first kappa shape index (κ1) is 22.2. The van der Waals surface area contributed by atoms with Gasteiger partial charge in [-0.15, -0.1) is 6.07 Å². The molecule has 5 heteroatoms. The minimum atomic E-state index is -0.580. The van der Waals surface area contributed by atoms with Crippen LogP contribution in [0.5, 0.6) is 11.5 Å². The largest absolute Gasteiger partial charge is 2.00 e. The van der Waals surface area contributed by atoms with Gasteiger partial charge >= 0.3 is 31.1 Å². The molecule has 0 aromatic heterocycles. The fourth-order valence-electron chi connectivity index (χ4n) is 3.30. The number of ether oxygens (including phenoxy) is 2. The summed E-state index contributed by atoms with van der Waals surface area (Å²) >= 11 is 0. The third-order valence-electron chi connectivity index (χ3n) is 4.66. The number of benzene rings is 2. The van der Waals surface area contributed by atoms with Gasteiger partial charge in [0.1, 0.15) is 0 Å². The predicted molar refractivity (Wildman–Crippen MR) is 97.5 cm³/mol. The van der Waals surface area contributed by atoms with Gasteiger partial charge in [-0.25, -0.2) is 19.9 Å². The molecule has 2 nitrogen and oxygen atoms in total. The number of unbranched alkanes of at least 4 members (excludes halogenated alkanes) is 2. The summed E-state index contributed by atoms with van der Waals surface area (Å²) in [5.41, 5.74) is 1.75. The monoisotopic (exact) mass is 596 g/mol. The zero-order valence-electron chi connectivity index (χ0n) is 15.8. The van der Waals surface area contributed by atoms with E-state index in [1.807, 2.05) is 6.07 Å². The van der Waals surface area contributed by atoms with Crippen LogP contribution in [0.2, 0.25) is 0 Å². The summed E-state index contributed by atoms with van der Waals surface area (Å²) in [5.74, 6) is -0.649. The van der Waals surface area contributed by atoms with Crippen LogP contribution >= 0.6 is 0 Å². The molecule has 1 aliphatic rings. The number of halogens is 2. The third-order valence-corrected chi connectivity index (χ3v) is 4.66. The average molecular weight is 596 g/mol. The minimum absolute atomic E-state index is 0. The molecule has 2 aromatic carbocycles. The number of aryl methyl sites for hydroxylation is 1. The van der Waals surface area contributed by atoms with Crippen LogP contribution in [0, 0.1) is 54.9 Å². The van der Waals surface area contributed by atoms with Gasteiger partial charge < -0.3 is 9.47 Å². The smallest absolute Gasteiger partial charge is 0.534 e. The van der Waals surface area contributed by atoms with Gasteiger partial charge in [0.15, 0.2) is 0 Å². The van der Waals surface area contributed by atoms with Gasteiger partial charge in [0.05, 0.1) is 35.8 Å². The second kappa shape index (κ2) is 10.5. The zero-order chi connectivity index (χ0) is 18.5. The molecule has 0 N–H and O–H groups in total. The number of hydrogen-bond donors (Lipinski definition) is 0. The second-order valence-corrected chi connectivity index (χ2v) is 6.61. The molecule has 0 radical (unpaired) electrons. The van der Waals surface area contributed by atoms with E-state index in [0.29, 0.717) is 23.5 Å². The molecular formula is C22H24F2O2U. The summed E-state index contributed by atoms with van der Waals surface area (Å²) in [4.78, 5) is 0. The first-order valence-electron chi connectivity index (χ1n) is 9.38. The molecule has 0 aliphatic carbocycles. The van der Waals surface area contributed by atoms with Gasteiger partial charge in [0, 0.05) is 0 Å². The maximum absolute atomic E-state index is 14.6. The van der Waals surface area contributed by atoms with Crippen molar-refractivity contribution < 1.29 is 49.4 Å². The molecule has 1 atom stereocenters. The Labute approximate surface area is 184 Å². The third kappa shape index (κ3) is 5.49. The Kier molecular flexibility index (Phi) is 8.64. The molecule has 0 saturated carbocycles. The second-order valence-electron chi connectivity index (χ2n) is 6.61. The van der Waals surface area contributed by atoms with Crippen molar-refractivity contribution >= 4 is 0 Å². The van der Waals surface area contributed by atoms with Gasteiger partial charge in [-0.1, -0.05) is 25.3 Å². The molecule has 0 saturated heterocycles. The predicted octanol–water partition coefficient (Wildman–Crippen LogP) is 5.90. The van der Waals surface area contributed by atoms with Gasteiger partial charge in [-0.2, -0.15) is 24.3 Å². The van der Waals surface area contributed by atoms with Crippen molar-refractivity contribution in [1.82, 2.24) is 0 Å². The minimum Gasteiger partial charge on any atom is -0.534 e. The molecule has 1 heterocycles. The van der Waals surface area contributed by atoms with Crippen LogP contribution in [-0.2, 0) is 6.42 Å². The van der Waals surface area contributed by atoms with Gasteiger partial charge in [0.25, 0.3) is 0 Å². The summed E-state index contributed by atoms with van der Waals surface area (Å²) in [7, 11) is 0. The average Bonchev–Trinajstić information content (AvgIpc) is 2.64. The summed E-state index contributed by atoms with van der Waals surface area (Å²) in [6.07, 6.45) is 6.07.